The second-order valence-electron chi connectivity index (χ2n) is 4.83. The Morgan fingerprint density at radius 3 is 3.18 bits per heavy atom. The fourth-order valence-corrected chi connectivity index (χ4v) is 2.90. The minimum atomic E-state index is -0.0606. The van der Waals surface area contributed by atoms with Crippen LogP contribution in [0.15, 0.2) is 27.8 Å². The quantitative estimate of drug-likeness (QED) is 0.649. The predicted octanol–water partition coefficient (Wildman–Crippen LogP) is 3.45. The summed E-state index contributed by atoms with van der Waals surface area (Å²) in [7, 11) is 1.63. The second-order valence-corrected chi connectivity index (χ2v) is 6.13. The van der Waals surface area contributed by atoms with Gasteiger partial charge in [0.25, 0.3) is 0 Å². The van der Waals surface area contributed by atoms with Crippen LogP contribution in [0.4, 0.5) is 0 Å². The molecule has 0 aliphatic carbocycles. The molecular formula is C14H15BrN4O2S. The van der Waals surface area contributed by atoms with Crippen LogP contribution in [0.3, 0.4) is 0 Å². The Bertz CT molecular complexity index is 750. The largest absolute Gasteiger partial charge is 0.496 e. The van der Waals surface area contributed by atoms with E-state index < -0.39 is 0 Å². The van der Waals surface area contributed by atoms with Gasteiger partial charge in [-0.15, -0.1) is 0 Å². The van der Waals surface area contributed by atoms with Crippen LogP contribution in [0.1, 0.15) is 30.3 Å². The molecule has 0 bridgehead atoms. The zero-order chi connectivity index (χ0) is 15.5. The molecule has 1 aliphatic heterocycles. The van der Waals surface area contributed by atoms with E-state index in [1.165, 1.54) is 0 Å². The Morgan fingerprint density at radius 2 is 2.45 bits per heavy atom. The Kier molecular flexibility index (Phi) is 4.70. The molecule has 3 rings (SSSR count). The molecule has 0 spiro atoms. The highest BCUT2D eigenvalue weighted by atomic mass is 79.9. The molecule has 116 valence electrons. The van der Waals surface area contributed by atoms with Crippen molar-refractivity contribution in [3.8, 4) is 5.75 Å². The summed E-state index contributed by atoms with van der Waals surface area (Å²) in [5.41, 5.74) is 0.846. The number of H-pyrrole nitrogens is 1. The highest BCUT2D eigenvalue weighted by molar-refractivity contribution is 9.10. The van der Waals surface area contributed by atoms with Crippen molar-refractivity contribution in [2.24, 2.45) is 5.10 Å². The van der Waals surface area contributed by atoms with Gasteiger partial charge in [-0.05, 0) is 43.3 Å². The van der Waals surface area contributed by atoms with Gasteiger partial charge in [0.05, 0.1) is 13.3 Å². The first-order valence-corrected chi connectivity index (χ1v) is 8.06. The number of benzene rings is 1. The molecule has 0 unspecified atom stereocenters. The summed E-state index contributed by atoms with van der Waals surface area (Å²) in [6.07, 6.45) is 3.59. The number of ether oxygens (including phenoxy) is 2. The second kappa shape index (κ2) is 6.72. The molecule has 6 nitrogen and oxygen atoms in total. The third-order valence-electron chi connectivity index (χ3n) is 3.40. The summed E-state index contributed by atoms with van der Waals surface area (Å²) in [5, 5.41) is 11.5. The maximum Gasteiger partial charge on any atom is 0.216 e. The van der Waals surface area contributed by atoms with Gasteiger partial charge in [-0.1, -0.05) is 15.9 Å². The minimum absolute atomic E-state index is 0.0606. The van der Waals surface area contributed by atoms with E-state index in [9.17, 15) is 0 Å². The molecule has 1 aromatic heterocycles. The molecule has 0 amide bonds. The Balaban J connectivity index is 1.94. The van der Waals surface area contributed by atoms with Crippen LogP contribution in [0, 0.1) is 4.77 Å². The van der Waals surface area contributed by atoms with Crippen molar-refractivity contribution < 1.29 is 9.47 Å². The number of hydrogen-bond donors (Lipinski definition) is 1. The van der Waals surface area contributed by atoms with Gasteiger partial charge in [-0.3, -0.25) is 5.10 Å². The van der Waals surface area contributed by atoms with Gasteiger partial charge >= 0.3 is 0 Å². The lowest BCUT2D eigenvalue weighted by Crippen LogP contribution is -2.05. The first-order valence-electron chi connectivity index (χ1n) is 6.86. The monoisotopic (exact) mass is 382 g/mol. The van der Waals surface area contributed by atoms with E-state index in [4.69, 9.17) is 21.7 Å². The third-order valence-corrected chi connectivity index (χ3v) is 4.15. The van der Waals surface area contributed by atoms with Crippen LogP contribution in [0.2, 0.25) is 0 Å². The van der Waals surface area contributed by atoms with Crippen molar-refractivity contribution in [2.45, 2.75) is 18.9 Å². The van der Waals surface area contributed by atoms with Crippen LogP contribution < -0.4 is 4.74 Å². The average Bonchev–Trinajstić information content (AvgIpc) is 3.15. The summed E-state index contributed by atoms with van der Waals surface area (Å²) in [4.78, 5) is 0. The predicted molar refractivity (Wildman–Crippen MR) is 89.0 cm³/mol. The van der Waals surface area contributed by atoms with E-state index in [0.29, 0.717) is 10.6 Å². The van der Waals surface area contributed by atoms with Gasteiger partial charge in [0.1, 0.15) is 11.9 Å². The number of aromatic nitrogens is 3. The summed E-state index contributed by atoms with van der Waals surface area (Å²) >= 11 is 8.69. The van der Waals surface area contributed by atoms with Crippen LogP contribution in [0.25, 0.3) is 0 Å². The molecule has 2 aromatic rings. The lowest BCUT2D eigenvalue weighted by Gasteiger charge is -2.08. The smallest absolute Gasteiger partial charge is 0.216 e. The number of halogens is 1. The van der Waals surface area contributed by atoms with Gasteiger partial charge in [-0.2, -0.15) is 14.9 Å². The number of aromatic amines is 1. The van der Waals surface area contributed by atoms with E-state index in [1.807, 2.05) is 18.2 Å². The zero-order valence-electron chi connectivity index (χ0n) is 12.0. The Hall–Kier alpha value is -1.51. The van der Waals surface area contributed by atoms with E-state index in [2.05, 4.69) is 31.2 Å². The molecule has 0 radical (unpaired) electrons. The number of methoxy groups -OCH3 is 1. The van der Waals surface area contributed by atoms with Crippen molar-refractivity contribution in [1.82, 2.24) is 14.9 Å². The molecule has 1 fully saturated rings. The Morgan fingerprint density at radius 1 is 1.59 bits per heavy atom. The topological polar surface area (TPSA) is 64.4 Å². The van der Waals surface area contributed by atoms with E-state index in [-0.39, 0.29) is 6.10 Å². The first kappa shape index (κ1) is 15.4. The zero-order valence-corrected chi connectivity index (χ0v) is 14.4. The first-order chi connectivity index (χ1) is 10.7. The molecular weight excluding hydrogens is 368 g/mol. The lowest BCUT2D eigenvalue weighted by atomic mass is 10.2. The summed E-state index contributed by atoms with van der Waals surface area (Å²) in [5.74, 6) is 1.44. The summed E-state index contributed by atoms with van der Waals surface area (Å²) < 4.78 is 14.0. The highest BCUT2D eigenvalue weighted by Gasteiger charge is 2.23. The lowest BCUT2D eigenvalue weighted by molar-refractivity contribution is 0.102. The van der Waals surface area contributed by atoms with Crippen molar-refractivity contribution in [3.63, 3.8) is 0 Å². The molecule has 1 aromatic carbocycles. The number of hydrogen-bond acceptors (Lipinski definition) is 5. The van der Waals surface area contributed by atoms with Crippen LogP contribution in [-0.2, 0) is 4.74 Å². The van der Waals surface area contributed by atoms with Crippen LogP contribution in [-0.4, -0.2) is 34.8 Å². The molecule has 1 aliphatic rings. The molecule has 1 atom stereocenters. The third kappa shape index (κ3) is 3.13. The van der Waals surface area contributed by atoms with Gasteiger partial charge < -0.3 is 9.47 Å². The maximum absolute atomic E-state index is 5.65. The van der Waals surface area contributed by atoms with E-state index >= 15 is 0 Å². The van der Waals surface area contributed by atoms with Gasteiger partial charge in [0, 0.05) is 16.6 Å². The number of nitrogens with one attached hydrogen (secondary N) is 1. The molecule has 22 heavy (non-hydrogen) atoms. The number of nitrogens with zero attached hydrogens (tertiary/aromatic N) is 3. The number of rotatable bonds is 4. The highest BCUT2D eigenvalue weighted by Crippen LogP contribution is 2.27. The Labute approximate surface area is 141 Å². The SMILES string of the molecule is COc1ccc(Br)cc1/C=N\n1c([C@@H]2CCCO2)n[nH]c1=S. The standard InChI is InChI=1S/C14H15BrN4O2S/c1-20-11-5-4-10(15)7-9(11)8-16-19-13(17-18-14(19)22)12-3-2-6-21-12/h4-5,7-8,12H,2-3,6H2,1H3,(H,18,22)/b16-8-/t12-/m0/s1. The average molecular weight is 383 g/mol. The van der Waals surface area contributed by atoms with Gasteiger partial charge in [-0.25, -0.2) is 0 Å². The van der Waals surface area contributed by atoms with Crippen molar-refractivity contribution in [2.75, 3.05) is 13.7 Å². The molecule has 1 saturated heterocycles. The fourth-order valence-electron chi connectivity index (χ4n) is 2.33. The molecule has 2 heterocycles. The molecule has 1 N–H and O–H groups in total. The van der Waals surface area contributed by atoms with E-state index in [0.717, 1.165) is 35.2 Å². The normalized spacial score (nSPS) is 18.2. The summed E-state index contributed by atoms with van der Waals surface area (Å²) in [6, 6.07) is 5.72. The molecule has 0 saturated carbocycles. The minimum Gasteiger partial charge on any atom is -0.496 e. The van der Waals surface area contributed by atoms with Crippen LogP contribution >= 0.6 is 28.1 Å². The maximum atomic E-state index is 5.65. The van der Waals surface area contributed by atoms with E-state index in [1.54, 1.807) is 18.0 Å². The van der Waals surface area contributed by atoms with Crippen molar-refractivity contribution in [3.05, 3.63) is 38.8 Å². The molecule has 8 heteroatoms. The fraction of sp³-hybridized carbons (Fsp3) is 0.357. The van der Waals surface area contributed by atoms with Crippen molar-refractivity contribution in [1.29, 1.82) is 0 Å². The van der Waals surface area contributed by atoms with Gasteiger partial charge in [0.15, 0.2) is 5.82 Å². The van der Waals surface area contributed by atoms with Crippen molar-refractivity contribution >= 4 is 34.4 Å². The summed E-state index contributed by atoms with van der Waals surface area (Å²) in [6.45, 7) is 0.744. The van der Waals surface area contributed by atoms with Crippen LogP contribution in [0.5, 0.6) is 5.75 Å². The van der Waals surface area contributed by atoms with Gasteiger partial charge in [0.2, 0.25) is 4.77 Å².